The fraction of sp³-hybridized carbons (Fsp3) is 0.514. The molecule has 0 saturated carbocycles. The molecule has 0 fully saturated rings. The van der Waals surface area contributed by atoms with E-state index in [0.29, 0.717) is 11.2 Å². The summed E-state index contributed by atoms with van der Waals surface area (Å²) in [6, 6.07) is 14.4. The van der Waals surface area contributed by atoms with E-state index in [-0.39, 0.29) is 38.0 Å². The lowest BCUT2D eigenvalue weighted by Gasteiger charge is -2.19. The normalized spacial score (nSPS) is 13.6. The number of fused-ring (bicyclic) bond motifs is 1. The zero-order valence-corrected chi connectivity index (χ0v) is 56.1. The summed E-state index contributed by atoms with van der Waals surface area (Å²) in [5.41, 5.74) is 21.3. The molecule has 82 heavy (non-hydrogen) atoms. The first-order valence-electron chi connectivity index (χ1n) is 29.3. The lowest BCUT2D eigenvalue weighted by molar-refractivity contribution is 0.355. The van der Waals surface area contributed by atoms with Crippen LogP contribution in [0.25, 0.3) is 6.08 Å². The number of aromatic nitrogens is 8. The first kappa shape index (κ1) is 71.6. The van der Waals surface area contributed by atoms with E-state index in [9.17, 15) is 0 Å². The molecule has 0 bridgehead atoms. The van der Waals surface area contributed by atoms with E-state index in [0.717, 1.165) is 25.1 Å². The van der Waals surface area contributed by atoms with Crippen LogP contribution in [0.15, 0.2) is 145 Å². The number of aryl methyl sites for hydroxylation is 2. The fourth-order valence-electron chi connectivity index (χ4n) is 7.54. The molecule has 0 aromatic carbocycles. The highest BCUT2D eigenvalue weighted by Gasteiger charge is 2.20. The van der Waals surface area contributed by atoms with Gasteiger partial charge in [-0.25, -0.2) is 4.98 Å². The van der Waals surface area contributed by atoms with Gasteiger partial charge in [0, 0.05) is 72.8 Å². The molecule has 0 atom stereocenters. The maximum atomic E-state index is 5.46. The third-order valence-electron chi connectivity index (χ3n) is 13.3. The van der Waals surface area contributed by atoms with Crippen molar-refractivity contribution in [2.24, 2.45) is 15.8 Å². The number of nitrogens with one attached hydrogen (secondary N) is 1. The van der Waals surface area contributed by atoms with Gasteiger partial charge < -0.3 is 5.73 Å². The monoisotopic (exact) mass is 1110 g/mol. The van der Waals surface area contributed by atoms with Gasteiger partial charge in [0.1, 0.15) is 5.82 Å². The number of allylic oxidation sites excluding steroid dienone is 6. The van der Waals surface area contributed by atoms with Gasteiger partial charge in [0.2, 0.25) is 0 Å². The van der Waals surface area contributed by atoms with Crippen molar-refractivity contribution >= 4 is 17.6 Å². The summed E-state index contributed by atoms with van der Waals surface area (Å²) < 4.78 is 1.94. The third kappa shape index (κ3) is 27.5. The predicted octanol–water partition coefficient (Wildman–Crippen LogP) is 18.6. The number of anilines is 1. The van der Waals surface area contributed by atoms with Crippen molar-refractivity contribution in [2.75, 3.05) is 12.3 Å². The Kier molecular flexibility index (Phi) is 26.8. The Morgan fingerprint density at radius 3 is 1.46 bits per heavy atom. The highest BCUT2D eigenvalue weighted by atomic mass is 15.3. The number of H-pyrrole nitrogens is 1. The van der Waals surface area contributed by atoms with E-state index in [1.54, 1.807) is 11.8 Å². The van der Waals surface area contributed by atoms with Gasteiger partial charge in [-0.05, 0) is 149 Å². The molecular formula is C72H110N10. The summed E-state index contributed by atoms with van der Waals surface area (Å²) in [4.78, 5) is 21.1. The molecule has 3 aliphatic rings. The molecule has 6 aromatic heterocycles. The van der Waals surface area contributed by atoms with Crippen LogP contribution in [0.3, 0.4) is 0 Å². The predicted molar refractivity (Wildman–Crippen MR) is 355 cm³/mol. The van der Waals surface area contributed by atoms with Crippen molar-refractivity contribution in [1.82, 2.24) is 39.9 Å². The Hall–Kier alpha value is -6.55. The Bertz CT molecular complexity index is 2840. The lowest BCUT2D eigenvalue weighted by Crippen LogP contribution is -2.21. The molecule has 0 amide bonds. The van der Waals surface area contributed by atoms with E-state index >= 15 is 0 Å². The second-order valence-electron chi connectivity index (χ2n) is 29.6. The van der Waals surface area contributed by atoms with E-state index < -0.39 is 0 Å². The van der Waals surface area contributed by atoms with E-state index in [1.807, 2.05) is 79.4 Å². The molecule has 0 spiro atoms. The van der Waals surface area contributed by atoms with Crippen LogP contribution < -0.4 is 5.73 Å². The highest BCUT2D eigenvalue weighted by molar-refractivity contribution is 6.00. The second-order valence-corrected chi connectivity index (χ2v) is 29.6. The van der Waals surface area contributed by atoms with Crippen LogP contribution in [0.1, 0.15) is 223 Å². The maximum absolute atomic E-state index is 5.46. The molecule has 7 heterocycles. The third-order valence-corrected chi connectivity index (χ3v) is 13.3. The molecule has 6 aromatic rings. The summed E-state index contributed by atoms with van der Waals surface area (Å²) in [7, 11) is 0. The standard InChI is InChI=1S/C12H15N.2C10H15N.C9H14N2.C9H14.C8H13N.2C7H12N2/c1-12(2,3)10-7-9-5-4-6-11(9)13-8-10;1-8-5-9(7-11-6-8)10(2,3)4;1-8-7-9(5-6-11-8)10(2,3)4;1-9(2,3)7-4-5-8(10)11-6-7;1-9(2,3)8-6-4-5-7-8;1-8(2,3)7-5-4-6-9-7;1-7(2,3)6-4-8-9-5-6;1-7(2,3)9-6-4-5-8-9/h4-5,7-8H,6H2,1-3H3;2*5-7H,1-4H3;4-6H,1-3H3,(H2,10,11);4-6H,7H2,1-3H3;4-5H,6H2,1-3H3;4-5H,1-3H3,(H,8,9);4-6H,1-3H3. The summed E-state index contributed by atoms with van der Waals surface area (Å²) in [6.07, 6.45) is 34.4. The van der Waals surface area contributed by atoms with Crippen molar-refractivity contribution < 1.29 is 0 Å². The minimum Gasteiger partial charge on any atom is -0.384 e. The maximum Gasteiger partial charge on any atom is 0.123 e. The Labute approximate surface area is 499 Å². The molecular weight excluding hydrogens is 1000 g/mol. The number of pyridine rings is 4. The zero-order valence-electron chi connectivity index (χ0n) is 56.1. The quantitative estimate of drug-likeness (QED) is 0.155. The van der Waals surface area contributed by atoms with Crippen molar-refractivity contribution in [3.05, 3.63) is 191 Å². The van der Waals surface area contributed by atoms with E-state index in [4.69, 9.17) is 5.73 Å². The fourth-order valence-corrected chi connectivity index (χ4v) is 7.54. The van der Waals surface area contributed by atoms with Crippen LogP contribution in [0, 0.1) is 24.7 Å². The first-order chi connectivity index (χ1) is 37.5. The first-order valence-corrected chi connectivity index (χ1v) is 29.3. The van der Waals surface area contributed by atoms with Crippen LogP contribution in [-0.4, -0.2) is 52.2 Å². The number of hydrogen-bond acceptors (Lipinski definition) is 8. The van der Waals surface area contributed by atoms with Gasteiger partial charge in [0.25, 0.3) is 0 Å². The number of aromatic amines is 1. The minimum atomic E-state index is 0.128. The van der Waals surface area contributed by atoms with Gasteiger partial charge in [-0.1, -0.05) is 200 Å². The number of aliphatic imine (C=N–C) groups is 1. The van der Waals surface area contributed by atoms with Crippen LogP contribution in [0.5, 0.6) is 0 Å². The molecule has 9 rings (SSSR count). The van der Waals surface area contributed by atoms with Crippen LogP contribution >= 0.6 is 0 Å². The Balaban J connectivity index is 0.000000321. The van der Waals surface area contributed by atoms with E-state index in [2.05, 4.69) is 280 Å². The molecule has 3 N–H and O–H groups in total. The second kappa shape index (κ2) is 30.7. The number of nitrogen functional groups attached to an aromatic ring is 1. The average molecular weight is 1120 g/mol. The molecule has 10 heteroatoms. The van der Waals surface area contributed by atoms with Crippen molar-refractivity contribution in [3.8, 4) is 0 Å². The van der Waals surface area contributed by atoms with Crippen molar-refractivity contribution in [1.29, 1.82) is 0 Å². The Morgan fingerprint density at radius 1 is 0.512 bits per heavy atom. The molecule has 0 saturated heterocycles. The topological polar surface area (TPSA) is 136 Å². The Morgan fingerprint density at radius 2 is 1.11 bits per heavy atom. The van der Waals surface area contributed by atoms with E-state index in [1.165, 1.54) is 50.3 Å². The number of nitrogens with two attached hydrogens (primary N) is 1. The molecule has 10 nitrogen and oxygen atoms in total. The molecule has 1 aliphatic heterocycles. The SMILES string of the molecule is CC(C)(C)C1=CC=CC1.CC(C)(C)C1=NCC=C1.CC(C)(C)c1ccc(N)nc1.CC(C)(C)c1cn[nH]c1.CC(C)(C)c1cnc2c(c1)C=CC2.CC(C)(C)n1cccn1.Cc1cc(C(C)(C)C)ccn1.Cc1cncc(C(C)(C)C)c1. The van der Waals surface area contributed by atoms with Gasteiger partial charge in [0.05, 0.1) is 24.0 Å². The van der Waals surface area contributed by atoms with Gasteiger partial charge in [-0.15, -0.1) is 0 Å². The molecule has 0 radical (unpaired) electrons. The minimum absolute atomic E-state index is 0.128. The average Bonchev–Trinajstić information content (AvgIpc) is 4.30. The smallest absolute Gasteiger partial charge is 0.123 e. The van der Waals surface area contributed by atoms with Gasteiger partial charge in [-0.3, -0.25) is 29.7 Å². The van der Waals surface area contributed by atoms with Crippen LogP contribution in [0.4, 0.5) is 5.82 Å². The van der Waals surface area contributed by atoms with Crippen LogP contribution in [-0.2, 0) is 39.0 Å². The summed E-state index contributed by atoms with van der Waals surface area (Å²) in [6.45, 7) is 57.5. The summed E-state index contributed by atoms with van der Waals surface area (Å²) >= 11 is 0. The summed E-state index contributed by atoms with van der Waals surface area (Å²) in [5, 5.41) is 10.8. The van der Waals surface area contributed by atoms with Crippen molar-refractivity contribution in [3.63, 3.8) is 0 Å². The van der Waals surface area contributed by atoms with Crippen LogP contribution in [0.2, 0.25) is 0 Å². The summed E-state index contributed by atoms with van der Waals surface area (Å²) in [5.74, 6) is 0.581. The number of rotatable bonds is 0. The lowest BCUT2D eigenvalue weighted by atomic mass is 9.86. The van der Waals surface area contributed by atoms with Gasteiger partial charge >= 0.3 is 0 Å². The largest absolute Gasteiger partial charge is 0.384 e. The highest BCUT2D eigenvalue weighted by Crippen LogP contribution is 2.31. The molecule has 448 valence electrons. The molecule has 0 unspecified atom stereocenters. The van der Waals surface area contributed by atoms with Crippen molar-refractivity contribution in [2.45, 2.75) is 225 Å². The number of hydrogen-bond donors (Lipinski definition) is 2. The number of nitrogens with zero attached hydrogens (tertiary/aromatic N) is 8. The molecule has 2 aliphatic carbocycles. The zero-order chi connectivity index (χ0) is 62.5. The van der Waals surface area contributed by atoms with Gasteiger partial charge in [0.15, 0.2) is 0 Å². The van der Waals surface area contributed by atoms with Gasteiger partial charge in [-0.2, -0.15) is 10.2 Å².